The molecule has 132 valence electrons. The van der Waals surface area contributed by atoms with Crippen LogP contribution in [0.1, 0.15) is 48.9 Å². The zero-order valence-electron chi connectivity index (χ0n) is 13.9. The summed E-state index contributed by atoms with van der Waals surface area (Å²) in [6, 6.07) is 6.19. The molecule has 6 heteroatoms. The lowest BCUT2D eigenvalue weighted by Crippen LogP contribution is -2.33. The van der Waals surface area contributed by atoms with Gasteiger partial charge in [-0.25, -0.2) is 0 Å². The Labute approximate surface area is 142 Å². The number of benzene rings is 1. The predicted octanol–water partition coefficient (Wildman–Crippen LogP) is 1.98. The molecule has 1 aromatic rings. The van der Waals surface area contributed by atoms with Crippen LogP contribution in [0.3, 0.4) is 0 Å². The first-order valence-electron chi connectivity index (χ1n) is 8.60. The van der Waals surface area contributed by atoms with Gasteiger partial charge in [-0.05, 0) is 37.5 Å². The molecule has 1 aliphatic carbocycles. The molecular weight excluding hydrogens is 308 g/mol. The highest BCUT2D eigenvalue weighted by molar-refractivity contribution is 5.94. The SMILES string of the molecule is O=C(COC1CCCCC1)NCCCNC(=O)c1cccc(O)c1. The lowest BCUT2D eigenvalue weighted by molar-refractivity contribution is -0.128. The molecule has 0 heterocycles. The Morgan fingerprint density at radius 3 is 2.62 bits per heavy atom. The Morgan fingerprint density at radius 1 is 1.12 bits per heavy atom. The Bertz CT molecular complexity index is 542. The molecule has 1 fully saturated rings. The summed E-state index contributed by atoms with van der Waals surface area (Å²) in [5.74, 6) is -0.286. The van der Waals surface area contributed by atoms with Crippen molar-refractivity contribution in [1.29, 1.82) is 0 Å². The van der Waals surface area contributed by atoms with Crippen LogP contribution in [-0.2, 0) is 9.53 Å². The number of carbonyl (C=O) groups excluding carboxylic acids is 2. The van der Waals surface area contributed by atoms with Crippen LogP contribution in [-0.4, -0.2) is 42.7 Å². The highest BCUT2D eigenvalue weighted by atomic mass is 16.5. The van der Waals surface area contributed by atoms with E-state index in [9.17, 15) is 14.7 Å². The van der Waals surface area contributed by atoms with E-state index < -0.39 is 0 Å². The minimum atomic E-state index is -0.238. The first-order valence-corrected chi connectivity index (χ1v) is 8.60. The topological polar surface area (TPSA) is 87.7 Å². The third kappa shape index (κ3) is 6.58. The van der Waals surface area contributed by atoms with Crippen LogP contribution < -0.4 is 10.6 Å². The van der Waals surface area contributed by atoms with Gasteiger partial charge in [0.05, 0.1) is 6.10 Å². The third-order valence-electron chi connectivity index (χ3n) is 4.07. The van der Waals surface area contributed by atoms with Crippen LogP contribution in [0.2, 0.25) is 0 Å². The van der Waals surface area contributed by atoms with Gasteiger partial charge < -0.3 is 20.5 Å². The standard InChI is InChI=1S/C18H26N2O4/c21-15-7-4-6-14(12-15)18(23)20-11-5-10-19-17(22)13-24-16-8-2-1-3-9-16/h4,6-7,12,16,21H,1-3,5,8-11,13H2,(H,19,22)(H,20,23). The van der Waals surface area contributed by atoms with Crippen LogP contribution >= 0.6 is 0 Å². The number of hydrogen-bond acceptors (Lipinski definition) is 4. The van der Waals surface area contributed by atoms with Crippen molar-refractivity contribution in [3.63, 3.8) is 0 Å². The van der Waals surface area contributed by atoms with Crippen molar-refractivity contribution in [1.82, 2.24) is 10.6 Å². The molecule has 0 spiro atoms. The summed E-state index contributed by atoms with van der Waals surface area (Å²) in [6.45, 7) is 1.06. The molecule has 0 atom stereocenters. The molecule has 1 aliphatic rings. The molecule has 1 saturated carbocycles. The van der Waals surface area contributed by atoms with E-state index in [0.717, 1.165) is 12.8 Å². The molecule has 0 bridgehead atoms. The Balaban J connectivity index is 1.52. The molecule has 1 aromatic carbocycles. The van der Waals surface area contributed by atoms with Crippen molar-refractivity contribution in [2.24, 2.45) is 0 Å². The summed E-state index contributed by atoms with van der Waals surface area (Å²) < 4.78 is 5.60. The summed E-state index contributed by atoms with van der Waals surface area (Å²) >= 11 is 0. The number of nitrogens with one attached hydrogen (secondary N) is 2. The van der Waals surface area contributed by atoms with Gasteiger partial charge >= 0.3 is 0 Å². The molecule has 2 rings (SSSR count). The van der Waals surface area contributed by atoms with Gasteiger partial charge in [0.15, 0.2) is 0 Å². The monoisotopic (exact) mass is 334 g/mol. The Kier molecular flexibility index (Phi) is 7.55. The number of amides is 2. The second-order valence-electron chi connectivity index (χ2n) is 6.08. The van der Waals surface area contributed by atoms with Crippen LogP contribution in [0.5, 0.6) is 5.75 Å². The van der Waals surface area contributed by atoms with Gasteiger partial charge in [-0.3, -0.25) is 9.59 Å². The maximum Gasteiger partial charge on any atom is 0.251 e. The fourth-order valence-corrected chi connectivity index (χ4v) is 2.74. The van der Waals surface area contributed by atoms with Crippen molar-refractivity contribution < 1.29 is 19.4 Å². The fraction of sp³-hybridized carbons (Fsp3) is 0.556. The molecule has 3 N–H and O–H groups in total. The Hall–Kier alpha value is -2.08. The molecule has 24 heavy (non-hydrogen) atoms. The Morgan fingerprint density at radius 2 is 1.88 bits per heavy atom. The molecule has 0 aromatic heterocycles. The maximum atomic E-state index is 11.8. The van der Waals surface area contributed by atoms with E-state index in [4.69, 9.17) is 4.74 Å². The zero-order chi connectivity index (χ0) is 17.2. The smallest absolute Gasteiger partial charge is 0.251 e. The first kappa shape index (κ1) is 18.3. The van der Waals surface area contributed by atoms with Gasteiger partial charge in [0, 0.05) is 18.7 Å². The van der Waals surface area contributed by atoms with Crippen molar-refractivity contribution in [2.45, 2.75) is 44.6 Å². The van der Waals surface area contributed by atoms with Crippen molar-refractivity contribution in [3.05, 3.63) is 29.8 Å². The van der Waals surface area contributed by atoms with Gasteiger partial charge in [-0.15, -0.1) is 0 Å². The van der Waals surface area contributed by atoms with E-state index >= 15 is 0 Å². The number of phenols is 1. The maximum absolute atomic E-state index is 11.8. The van der Waals surface area contributed by atoms with E-state index in [-0.39, 0.29) is 30.3 Å². The second-order valence-corrected chi connectivity index (χ2v) is 6.08. The predicted molar refractivity (Wildman–Crippen MR) is 90.9 cm³/mol. The van der Waals surface area contributed by atoms with Crippen LogP contribution in [0.15, 0.2) is 24.3 Å². The number of ether oxygens (including phenoxy) is 1. The fourth-order valence-electron chi connectivity index (χ4n) is 2.74. The summed E-state index contributed by atoms with van der Waals surface area (Å²) in [5.41, 5.74) is 0.417. The van der Waals surface area contributed by atoms with Gasteiger partial charge in [0.1, 0.15) is 12.4 Å². The second kappa shape index (κ2) is 9.93. The molecule has 0 aliphatic heterocycles. The summed E-state index contributed by atoms with van der Waals surface area (Å²) in [4.78, 5) is 23.5. The number of rotatable bonds is 8. The lowest BCUT2D eigenvalue weighted by atomic mass is 9.98. The van der Waals surface area contributed by atoms with Crippen molar-refractivity contribution in [3.8, 4) is 5.75 Å². The van der Waals surface area contributed by atoms with E-state index in [0.29, 0.717) is 25.1 Å². The zero-order valence-corrected chi connectivity index (χ0v) is 13.9. The largest absolute Gasteiger partial charge is 0.508 e. The van der Waals surface area contributed by atoms with E-state index in [2.05, 4.69) is 10.6 Å². The number of carbonyl (C=O) groups is 2. The highest BCUT2D eigenvalue weighted by Gasteiger charge is 2.14. The van der Waals surface area contributed by atoms with E-state index in [1.807, 2.05) is 0 Å². The average molecular weight is 334 g/mol. The quantitative estimate of drug-likeness (QED) is 0.634. The normalized spacial score (nSPS) is 15.0. The van der Waals surface area contributed by atoms with Gasteiger partial charge in [0.2, 0.25) is 5.91 Å². The van der Waals surface area contributed by atoms with Crippen LogP contribution in [0, 0.1) is 0 Å². The van der Waals surface area contributed by atoms with Crippen molar-refractivity contribution >= 4 is 11.8 Å². The molecule has 2 amide bonds. The molecule has 6 nitrogen and oxygen atoms in total. The first-order chi connectivity index (χ1) is 11.6. The van der Waals surface area contributed by atoms with E-state index in [1.54, 1.807) is 12.1 Å². The average Bonchev–Trinajstić information content (AvgIpc) is 2.60. The molecule has 0 saturated heterocycles. The van der Waals surface area contributed by atoms with Gasteiger partial charge in [-0.2, -0.15) is 0 Å². The summed E-state index contributed by atoms with van der Waals surface area (Å²) in [6.07, 6.45) is 6.60. The number of hydrogen-bond donors (Lipinski definition) is 3. The van der Waals surface area contributed by atoms with Gasteiger partial charge in [0.25, 0.3) is 5.91 Å². The minimum Gasteiger partial charge on any atom is -0.508 e. The third-order valence-corrected chi connectivity index (χ3v) is 4.07. The summed E-state index contributed by atoms with van der Waals surface area (Å²) in [5, 5.41) is 14.9. The minimum absolute atomic E-state index is 0.0629. The highest BCUT2D eigenvalue weighted by Crippen LogP contribution is 2.19. The molecule has 0 radical (unpaired) electrons. The lowest BCUT2D eigenvalue weighted by Gasteiger charge is -2.21. The van der Waals surface area contributed by atoms with E-state index in [1.165, 1.54) is 31.4 Å². The molecule has 0 unspecified atom stereocenters. The summed E-state index contributed by atoms with van der Waals surface area (Å²) in [7, 11) is 0. The van der Waals surface area contributed by atoms with Crippen LogP contribution in [0.4, 0.5) is 0 Å². The number of aromatic hydroxyl groups is 1. The molecular formula is C18H26N2O4. The van der Waals surface area contributed by atoms with Crippen molar-refractivity contribution in [2.75, 3.05) is 19.7 Å². The van der Waals surface area contributed by atoms with Gasteiger partial charge in [-0.1, -0.05) is 25.3 Å². The number of phenolic OH excluding ortho intramolecular Hbond substituents is 1. The van der Waals surface area contributed by atoms with Crippen LogP contribution in [0.25, 0.3) is 0 Å².